The fourth-order valence-corrected chi connectivity index (χ4v) is 8.22. The summed E-state index contributed by atoms with van der Waals surface area (Å²) in [5.74, 6) is -3.29. The third kappa shape index (κ3) is 7.37. The highest BCUT2D eigenvalue weighted by atomic mass is 16.8. The second-order valence-electron chi connectivity index (χ2n) is 16.0. The van der Waals surface area contributed by atoms with E-state index in [1.165, 1.54) is 16.0 Å². The van der Waals surface area contributed by atoms with Gasteiger partial charge in [0.2, 0.25) is 17.6 Å². The maximum absolute atomic E-state index is 15.0. The number of nitrogens with zero attached hydrogens (tertiary/aromatic N) is 2. The zero-order valence-corrected chi connectivity index (χ0v) is 32.3. The lowest BCUT2D eigenvalue weighted by Crippen LogP contribution is -2.70. The van der Waals surface area contributed by atoms with Gasteiger partial charge in [-0.3, -0.25) is 24.0 Å². The number of hydroxylamine groups is 2. The molecule has 4 fully saturated rings. The fraction of sp³-hybridized carbons (Fsp3) is 0.442. The molecule has 13 heteroatoms. The van der Waals surface area contributed by atoms with E-state index in [1.54, 1.807) is 40.9 Å². The van der Waals surface area contributed by atoms with Crippen molar-refractivity contribution in [1.29, 1.82) is 0 Å². The third-order valence-corrected chi connectivity index (χ3v) is 10.8. The average molecular weight is 768 g/mol. The van der Waals surface area contributed by atoms with Crippen LogP contribution in [0.4, 0.5) is 0 Å². The van der Waals surface area contributed by atoms with Gasteiger partial charge in [-0.25, -0.2) is 0 Å². The largest absolute Gasteiger partial charge is 0.460 e. The maximum Gasteiger partial charge on any atom is 0.327 e. The Kier molecular flexibility index (Phi) is 10.9. The van der Waals surface area contributed by atoms with Crippen LogP contribution in [0.15, 0.2) is 91.0 Å². The molecule has 2 N–H and O–H groups in total. The van der Waals surface area contributed by atoms with Crippen molar-refractivity contribution in [1.82, 2.24) is 15.3 Å². The Morgan fingerprint density at radius 2 is 1.59 bits per heavy atom. The van der Waals surface area contributed by atoms with Crippen molar-refractivity contribution < 1.29 is 48.1 Å². The molecule has 7 unspecified atom stereocenters. The van der Waals surface area contributed by atoms with Gasteiger partial charge in [-0.15, -0.1) is 0 Å². The van der Waals surface area contributed by atoms with Crippen molar-refractivity contribution in [2.45, 2.75) is 94.5 Å². The highest BCUT2D eigenvalue weighted by molar-refractivity contribution is 5.94. The topological polar surface area (TPSA) is 153 Å². The van der Waals surface area contributed by atoms with Crippen LogP contribution in [0.1, 0.15) is 62.3 Å². The third-order valence-electron chi connectivity index (χ3n) is 10.8. The van der Waals surface area contributed by atoms with Crippen molar-refractivity contribution in [3.63, 3.8) is 0 Å². The summed E-state index contributed by atoms with van der Waals surface area (Å²) in [6.07, 6.45) is -0.383. The fourth-order valence-electron chi connectivity index (χ4n) is 8.22. The summed E-state index contributed by atoms with van der Waals surface area (Å²) in [6, 6.07) is 24.3. The van der Waals surface area contributed by atoms with E-state index < -0.39 is 77.8 Å². The van der Waals surface area contributed by atoms with Crippen molar-refractivity contribution in [3.8, 4) is 0 Å². The Morgan fingerprint density at radius 3 is 2.21 bits per heavy atom. The van der Waals surface area contributed by atoms with E-state index in [-0.39, 0.29) is 31.7 Å². The maximum atomic E-state index is 15.0. The number of hydrogen-bond acceptors (Lipinski definition) is 11. The molecule has 3 saturated heterocycles. The van der Waals surface area contributed by atoms with E-state index in [1.807, 2.05) is 84.9 Å². The quantitative estimate of drug-likeness (QED) is 0.204. The van der Waals surface area contributed by atoms with Gasteiger partial charge in [-0.05, 0) is 44.4 Å². The number of carbonyl (C=O) groups is 4. The van der Waals surface area contributed by atoms with E-state index in [2.05, 4.69) is 5.32 Å². The Hall–Kier alpha value is -4.92. The summed E-state index contributed by atoms with van der Waals surface area (Å²) in [4.78, 5) is 62.6. The minimum atomic E-state index is -1.56. The van der Waals surface area contributed by atoms with E-state index in [9.17, 15) is 24.3 Å². The summed E-state index contributed by atoms with van der Waals surface area (Å²) >= 11 is 0. The van der Waals surface area contributed by atoms with Gasteiger partial charge in [0.15, 0.2) is 6.04 Å². The molecular formula is C43H49N3O10. The highest BCUT2D eigenvalue weighted by Crippen LogP contribution is 2.59. The first-order valence-electron chi connectivity index (χ1n) is 19.0. The van der Waals surface area contributed by atoms with Crippen LogP contribution in [0.2, 0.25) is 0 Å². The number of likely N-dealkylation sites (N-methyl/N-ethyl adjacent to an activating group) is 1. The standard InChI is InChI=1S/C43H49N3O10/c1-41(2,3)53-34(49)23-21-31(26-47)44-40(51)42-24-32-35-36(55-43(54-35,29-16-8-6-9-17-29)30-18-10-7-11-19-30)38(42)56-46(37(42)39(50)52-32)25-28-15-13-12-14-27(28)20-22-33(48)45(4)5/h6-20,22,31-32,35-38,47H,21,23-26H2,1-5H3,(H,44,51). The van der Waals surface area contributed by atoms with Gasteiger partial charge in [0.05, 0.1) is 19.2 Å². The molecule has 56 heavy (non-hydrogen) atoms. The van der Waals surface area contributed by atoms with Gasteiger partial charge in [-0.2, -0.15) is 5.06 Å². The van der Waals surface area contributed by atoms with Gasteiger partial charge in [0.1, 0.15) is 35.4 Å². The number of aliphatic hydroxyl groups is 1. The molecule has 7 atom stereocenters. The van der Waals surface area contributed by atoms with Crippen molar-refractivity contribution in [3.05, 3.63) is 113 Å². The number of nitrogens with one attached hydrogen (secondary N) is 1. The van der Waals surface area contributed by atoms with Crippen LogP contribution in [-0.4, -0.2) is 102 Å². The summed E-state index contributed by atoms with van der Waals surface area (Å²) in [6.45, 7) is 4.89. The summed E-state index contributed by atoms with van der Waals surface area (Å²) in [7, 11) is 3.33. The molecule has 3 heterocycles. The first-order chi connectivity index (χ1) is 26.8. The summed E-state index contributed by atoms with van der Waals surface area (Å²) in [5, 5.41) is 14.9. The predicted molar refractivity (Wildman–Crippen MR) is 203 cm³/mol. The molecule has 296 valence electrons. The molecule has 0 spiro atoms. The number of hydrogen-bond donors (Lipinski definition) is 2. The molecule has 2 bridgehead atoms. The minimum absolute atomic E-state index is 0.0453. The number of esters is 2. The molecule has 2 amide bonds. The minimum Gasteiger partial charge on any atom is -0.460 e. The van der Waals surface area contributed by atoms with Crippen molar-refractivity contribution in [2.24, 2.45) is 5.41 Å². The van der Waals surface area contributed by atoms with Crippen LogP contribution in [0.5, 0.6) is 0 Å². The molecule has 1 aliphatic carbocycles. The van der Waals surface area contributed by atoms with E-state index >= 15 is 0 Å². The zero-order valence-electron chi connectivity index (χ0n) is 32.3. The number of aliphatic hydroxyl groups excluding tert-OH is 1. The summed E-state index contributed by atoms with van der Waals surface area (Å²) < 4.78 is 25.6. The Labute approximate surface area is 326 Å². The van der Waals surface area contributed by atoms with Gasteiger partial charge in [0, 0.05) is 44.1 Å². The van der Waals surface area contributed by atoms with Crippen molar-refractivity contribution in [2.75, 3.05) is 20.7 Å². The van der Waals surface area contributed by atoms with Gasteiger partial charge in [0.25, 0.3) is 0 Å². The Bertz CT molecular complexity index is 1930. The zero-order chi connectivity index (χ0) is 39.8. The van der Waals surface area contributed by atoms with Gasteiger partial charge >= 0.3 is 11.9 Å². The monoisotopic (exact) mass is 767 g/mol. The van der Waals surface area contributed by atoms with E-state index in [0.717, 1.165) is 11.1 Å². The molecule has 7 rings (SSSR count). The summed E-state index contributed by atoms with van der Waals surface area (Å²) in [5.41, 5.74) is 0.615. The average Bonchev–Trinajstić information content (AvgIpc) is 3.76. The van der Waals surface area contributed by atoms with E-state index in [4.69, 9.17) is 23.8 Å². The molecule has 3 aromatic carbocycles. The number of amides is 2. The number of rotatable bonds is 12. The molecule has 0 radical (unpaired) electrons. The number of fused-ring (bicyclic) bond motifs is 4. The first kappa shape index (κ1) is 39.3. The van der Waals surface area contributed by atoms with Crippen LogP contribution in [-0.2, 0) is 55.3 Å². The lowest BCUT2D eigenvalue weighted by molar-refractivity contribution is -0.213. The number of carbonyl (C=O) groups excluding carboxylic acids is 4. The second-order valence-corrected chi connectivity index (χ2v) is 16.0. The molecule has 13 nitrogen and oxygen atoms in total. The molecular weight excluding hydrogens is 718 g/mol. The predicted octanol–water partition coefficient (Wildman–Crippen LogP) is 3.87. The smallest absolute Gasteiger partial charge is 0.327 e. The SMILES string of the molecule is CN(C)C(=O)C=Cc1ccccc1CN1OC2C3OC(c4ccccc4)(c4ccccc4)OC3C3CC2(C(=O)NC(CO)CCC(=O)OC(C)(C)C)C1C(=O)O3. The molecule has 3 aromatic rings. The Balaban J connectivity index is 1.27. The lowest BCUT2D eigenvalue weighted by Gasteiger charge is -2.49. The number of benzene rings is 3. The molecule has 3 aliphatic heterocycles. The van der Waals surface area contributed by atoms with Crippen LogP contribution in [0, 0.1) is 5.41 Å². The van der Waals surface area contributed by atoms with E-state index in [0.29, 0.717) is 11.1 Å². The Morgan fingerprint density at radius 1 is 0.964 bits per heavy atom. The van der Waals surface area contributed by atoms with Gasteiger partial charge < -0.3 is 34.3 Å². The van der Waals surface area contributed by atoms with Crippen LogP contribution in [0.3, 0.4) is 0 Å². The first-order valence-corrected chi connectivity index (χ1v) is 19.0. The van der Waals surface area contributed by atoms with Gasteiger partial charge in [-0.1, -0.05) is 84.9 Å². The van der Waals surface area contributed by atoms with Crippen molar-refractivity contribution >= 4 is 29.8 Å². The molecule has 4 aliphatic rings. The van der Waals surface area contributed by atoms with Crippen LogP contribution < -0.4 is 5.32 Å². The number of ether oxygens (including phenoxy) is 4. The lowest BCUT2D eigenvalue weighted by atomic mass is 9.62. The molecule has 0 aromatic heterocycles. The second kappa shape index (κ2) is 15.5. The van der Waals surface area contributed by atoms with Crippen LogP contribution in [0.25, 0.3) is 6.08 Å². The normalized spacial score (nSPS) is 27.0. The van der Waals surface area contributed by atoms with Crippen LogP contribution >= 0.6 is 0 Å². The molecule has 1 saturated carbocycles. The highest BCUT2D eigenvalue weighted by Gasteiger charge is 2.76.